The zero-order valence-electron chi connectivity index (χ0n) is 13.4. The van der Waals surface area contributed by atoms with Crippen molar-refractivity contribution in [3.63, 3.8) is 0 Å². The van der Waals surface area contributed by atoms with Gasteiger partial charge >= 0.3 is 0 Å². The molecule has 1 amide bonds. The van der Waals surface area contributed by atoms with Gasteiger partial charge in [0.15, 0.2) is 0 Å². The fourth-order valence-electron chi connectivity index (χ4n) is 1.75. The summed E-state index contributed by atoms with van der Waals surface area (Å²) in [4.78, 5) is 40.6. The normalized spacial score (nSPS) is 9.63. The van der Waals surface area contributed by atoms with Crippen molar-refractivity contribution in [2.24, 2.45) is 0 Å². The number of nitro benzene ring substituents is 2. The molecule has 0 aromatic heterocycles. The summed E-state index contributed by atoms with van der Waals surface area (Å²) in [5.74, 6) is -2.23. The first kappa shape index (κ1) is 21.6. The van der Waals surface area contributed by atoms with Crippen LogP contribution in [-0.2, 0) is 0 Å². The molecule has 0 aliphatic heterocycles. The van der Waals surface area contributed by atoms with E-state index in [0.717, 1.165) is 30.3 Å². The summed E-state index contributed by atoms with van der Waals surface area (Å²) in [5, 5.41) is 21.9. The fourth-order valence-corrected chi connectivity index (χ4v) is 1.86. The number of hydrogen-bond donors (Lipinski definition) is 1. The van der Waals surface area contributed by atoms with Gasteiger partial charge in [0.2, 0.25) is 0 Å². The van der Waals surface area contributed by atoms with E-state index >= 15 is 0 Å². The number of nitrogens with zero attached hydrogens (tertiary/aromatic N) is 2. The highest BCUT2D eigenvalue weighted by Gasteiger charge is 2.14. The number of carbonyl (C=O) groups excluding carboxylic acids is 2. The second-order valence-electron chi connectivity index (χ2n) is 4.76. The standard InChI is InChI=1S/C8H7FN2O3.C7H3ClFNO3/c1-10-8(12)5-2-6(9)4-7(3-5)11(13)14;8-7(11)4-1-5(9)3-6(2-4)10(12)13/h2-4H,1H3,(H,10,12);1-3H. The molecule has 142 valence electrons. The van der Waals surface area contributed by atoms with Gasteiger partial charge in [-0.15, -0.1) is 0 Å². The van der Waals surface area contributed by atoms with Crippen molar-refractivity contribution in [3.8, 4) is 0 Å². The molecule has 0 aliphatic carbocycles. The highest BCUT2D eigenvalue weighted by molar-refractivity contribution is 6.67. The van der Waals surface area contributed by atoms with Crippen LogP contribution in [0.15, 0.2) is 36.4 Å². The lowest BCUT2D eigenvalue weighted by molar-refractivity contribution is -0.385. The number of carbonyl (C=O) groups is 2. The van der Waals surface area contributed by atoms with Crippen LogP contribution in [0.4, 0.5) is 20.2 Å². The number of nitro groups is 2. The molecule has 0 unspecified atom stereocenters. The molecule has 2 aromatic carbocycles. The third-order valence-electron chi connectivity index (χ3n) is 2.90. The molecule has 27 heavy (non-hydrogen) atoms. The molecular formula is C15H10ClF2N3O6. The summed E-state index contributed by atoms with van der Waals surface area (Å²) in [7, 11) is 1.36. The molecule has 0 bridgehead atoms. The Morgan fingerprint density at radius 2 is 1.30 bits per heavy atom. The van der Waals surface area contributed by atoms with E-state index in [1.165, 1.54) is 7.05 Å². The molecule has 0 fully saturated rings. The Morgan fingerprint density at radius 3 is 1.67 bits per heavy atom. The molecule has 9 nitrogen and oxygen atoms in total. The first-order chi connectivity index (χ1) is 12.5. The average Bonchev–Trinajstić information content (AvgIpc) is 2.60. The molecule has 0 heterocycles. The minimum Gasteiger partial charge on any atom is -0.355 e. The van der Waals surface area contributed by atoms with Crippen LogP contribution in [0.25, 0.3) is 0 Å². The van der Waals surface area contributed by atoms with E-state index in [9.17, 15) is 38.6 Å². The number of benzene rings is 2. The van der Waals surface area contributed by atoms with Gasteiger partial charge in [-0.2, -0.15) is 0 Å². The Bertz CT molecular complexity index is 890. The largest absolute Gasteiger partial charge is 0.355 e. The molecule has 2 rings (SSSR count). The van der Waals surface area contributed by atoms with Gasteiger partial charge in [0.25, 0.3) is 22.5 Å². The topological polar surface area (TPSA) is 132 Å². The van der Waals surface area contributed by atoms with Gasteiger partial charge in [-0.1, -0.05) is 0 Å². The number of hydrogen-bond acceptors (Lipinski definition) is 6. The monoisotopic (exact) mass is 401 g/mol. The van der Waals surface area contributed by atoms with Gasteiger partial charge in [0, 0.05) is 30.3 Å². The zero-order chi connectivity index (χ0) is 20.7. The molecule has 0 atom stereocenters. The van der Waals surface area contributed by atoms with E-state index in [1.807, 2.05) is 0 Å². The summed E-state index contributed by atoms with van der Waals surface area (Å²) < 4.78 is 25.4. The summed E-state index contributed by atoms with van der Waals surface area (Å²) >= 11 is 5.02. The van der Waals surface area contributed by atoms with Crippen molar-refractivity contribution in [2.45, 2.75) is 0 Å². The van der Waals surface area contributed by atoms with Crippen LogP contribution in [0.5, 0.6) is 0 Å². The molecule has 0 spiro atoms. The molecule has 0 aliphatic rings. The summed E-state index contributed by atoms with van der Waals surface area (Å²) in [6, 6.07) is 5.17. The lowest BCUT2D eigenvalue weighted by Crippen LogP contribution is -2.18. The Hall–Kier alpha value is -3.47. The molecule has 2 aromatic rings. The lowest BCUT2D eigenvalue weighted by Gasteiger charge is -1.99. The second-order valence-corrected chi connectivity index (χ2v) is 5.11. The van der Waals surface area contributed by atoms with Crippen molar-refractivity contribution in [1.82, 2.24) is 5.32 Å². The molecular weight excluding hydrogens is 392 g/mol. The first-order valence-corrected chi connectivity index (χ1v) is 7.24. The number of halogens is 3. The van der Waals surface area contributed by atoms with Crippen LogP contribution >= 0.6 is 11.6 Å². The van der Waals surface area contributed by atoms with Crippen LogP contribution in [0.1, 0.15) is 20.7 Å². The van der Waals surface area contributed by atoms with Crippen LogP contribution in [0.2, 0.25) is 0 Å². The number of nitrogens with one attached hydrogen (secondary N) is 1. The SMILES string of the molecule is CNC(=O)c1cc(F)cc([N+](=O)[O-])c1.O=C(Cl)c1cc(F)cc([N+](=O)[O-])c1. The van der Waals surface area contributed by atoms with E-state index in [0.29, 0.717) is 6.07 Å². The molecule has 0 radical (unpaired) electrons. The van der Waals surface area contributed by atoms with Crippen LogP contribution < -0.4 is 5.32 Å². The van der Waals surface area contributed by atoms with Gasteiger partial charge in [-0.25, -0.2) is 8.78 Å². The minimum absolute atomic E-state index is 0.0702. The van der Waals surface area contributed by atoms with Crippen LogP contribution in [0, 0.1) is 31.9 Å². The molecule has 0 saturated carbocycles. The first-order valence-electron chi connectivity index (χ1n) is 6.87. The summed E-state index contributed by atoms with van der Waals surface area (Å²) in [6.07, 6.45) is 0. The van der Waals surface area contributed by atoms with Crippen molar-refractivity contribution >= 4 is 34.1 Å². The number of amides is 1. The smallest absolute Gasteiger partial charge is 0.273 e. The minimum atomic E-state index is -0.928. The van der Waals surface area contributed by atoms with Crippen molar-refractivity contribution in [2.75, 3.05) is 7.05 Å². The summed E-state index contributed by atoms with van der Waals surface area (Å²) in [6.45, 7) is 0. The third-order valence-corrected chi connectivity index (χ3v) is 3.12. The second kappa shape index (κ2) is 9.29. The van der Waals surface area contributed by atoms with Crippen molar-refractivity contribution < 1.29 is 28.2 Å². The van der Waals surface area contributed by atoms with Crippen molar-refractivity contribution in [1.29, 1.82) is 0 Å². The Morgan fingerprint density at radius 1 is 0.889 bits per heavy atom. The van der Waals surface area contributed by atoms with Gasteiger partial charge in [0.1, 0.15) is 11.6 Å². The zero-order valence-corrected chi connectivity index (χ0v) is 14.2. The van der Waals surface area contributed by atoms with Gasteiger partial charge < -0.3 is 5.32 Å². The summed E-state index contributed by atoms with van der Waals surface area (Å²) in [5.41, 5.74) is -1.24. The van der Waals surface area contributed by atoms with E-state index < -0.39 is 44.0 Å². The lowest BCUT2D eigenvalue weighted by atomic mass is 10.2. The van der Waals surface area contributed by atoms with E-state index in [-0.39, 0.29) is 11.1 Å². The van der Waals surface area contributed by atoms with E-state index in [2.05, 4.69) is 5.32 Å². The predicted molar refractivity (Wildman–Crippen MR) is 89.7 cm³/mol. The van der Waals surface area contributed by atoms with Crippen LogP contribution in [0.3, 0.4) is 0 Å². The molecule has 1 N–H and O–H groups in total. The highest BCUT2D eigenvalue weighted by Crippen LogP contribution is 2.17. The van der Waals surface area contributed by atoms with E-state index in [4.69, 9.17) is 11.6 Å². The van der Waals surface area contributed by atoms with E-state index in [1.54, 1.807) is 0 Å². The maximum Gasteiger partial charge on any atom is 0.273 e. The molecule has 12 heteroatoms. The maximum atomic E-state index is 12.8. The Labute approximate surface area is 154 Å². The number of rotatable bonds is 4. The Balaban J connectivity index is 0.000000271. The van der Waals surface area contributed by atoms with Gasteiger partial charge in [-0.05, 0) is 23.7 Å². The maximum absolute atomic E-state index is 12.8. The Kier molecular flexibility index (Phi) is 7.42. The van der Waals surface area contributed by atoms with Gasteiger partial charge in [-0.3, -0.25) is 29.8 Å². The average molecular weight is 402 g/mol. The molecule has 0 saturated heterocycles. The van der Waals surface area contributed by atoms with Crippen molar-refractivity contribution in [3.05, 3.63) is 79.4 Å². The number of non-ortho nitro benzene ring substituents is 2. The quantitative estimate of drug-likeness (QED) is 0.475. The van der Waals surface area contributed by atoms with Gasteiger partial charge in [0.05, 0.1) is 22.0 Å². The van der Waals surface area contributed by atoms with Crippen LogP contribution in [-0.4, -0.2) is 28.0 Å². The predicted octanol–water partition coefficient (Wildman–Crippen LogP) is 3.21. The third kappa shape index (κ3) is 6.40. The fraction of sp³-hybridized carbons (Fsp3) is 0.0667. The highest BCUT2D eigenvalue weighted by atomic mass is 35.5.